The summed E-state index contributed by atoms with van der Waals surface area (Å²) in [6, 6.07) is 13.3. The summed E-state index contributed by atoms with van der Waals surface area (Å²) in [6.45, 7) is 2.82. The fourth-order valence-electron chi connectivity index (χ4n) is 4.23. The average molecular weight is 517 g/mol. The predicted octanol–water partition coefficient (Wildman–Crippen LogP) is 7.48. The second kappa shape index (κ2) is 9.53. The van der Waals surface area contributed by atoms with Crippen molar-refractivity contribution in [2.45, 2.75) is 38.7 Å². The molecule has 3 aromatic rings. The first kappa shape index (κ1) is 26.2. The van der Waals surface area contributed by atoms with Crippen LogP contribution in [0.1, 0.15) is 60.0 Å². The van der Waals surface area contributed by atoms with E-state index < -0.39 is 42.2 Å². The van der Waals surface area contributed by atoms with Crippen LogP contribution in [0.5, 0.6) is 0 Å². The van der Waals surface area contributed by atoms with Gasteiger partial charge < -0.3 is 0 Å². The molecule has 4 rings (SSSR count). The van der Waals surface area contributed by atoms with Crippen molar-refractivity contribution >= 4 is 17.9 Å². The van der Waals surface area contributed by atoms with Gasteiger partial charge in [-0.15, -0.1) is 0 Å². The van der Waals surface area contributed by atoms with Crippen LogP contribution in [0.2, 0.25) is 0 Å². The summed E-state index contributed by atoms with van der Waals surface area (Å²) >= 11 is 0. The molecule has 0 saturated heterocycles. The van der Waals surface area contributed by atoms with Crippen LogP contribution in [-0.2, 0) is 12.7 Å². The lowest BCUT2D eigenvalue weighted by molar-refractivity contribution is -0.140. The van der Waals surface area contributed by atoms with Gasteiger partial charge in [0.1, 0.15) is 0 Å². The summed E-state index contributed by atoms with van der Waals surface area (Å²) < 4.78 is 83.1. The van der Waals surface area contributed by atoms with Gasteiger partial charge in [-0.05, 0) is 59.9 Å². The summed E-state index contributed by atoms with van der Waals surface area (Å²) in [5, 5.41) is 0. The number of amides is 2. The van der Waals surface area contributed by atoms with Crippen LogP contribution in [-0.4, -0.2) is 22.9 Å². The molecule has 0 saturated carbocycles. The Morgan fingerprint density at radius 1 is 0.811 bits per heavy atom. The Balaban J connectivity index is 1.66. The second-order valence-electron chi connectivity index (χ2n) is 8.88. The van der Waals surface area contributed by atoms with E-state index in [0.717, 1.165) is 34.7 Å². The minimum absolute atomic E-state index is 0.0230. The molecule has 0 spiro atoms. The number of rotatable bonds is 5. The minimum Gasteiger partial charge on any atom is -0.270 e. The number of nitrogens with zero attached hydrogens (tertiary/aromatic N) is 1. The third kappa shape index (κ3) is 5.30. The molecule has 1 atom stereocenters. The highest BCUT2D eigenvalue weighted by Gasteiger charge is 2.40. The Morgan fingerprint density at radius 2 is 1.43 bits per heavy atom. The van der Waals surface area contributed by atoms with Crippen molar-refractivity contribution in [2.75, 3.05) is 0 Å². The van der Waals surface area contributed by atoms with Crippen molar-refractivity contribution in [3.8, 4) is 0 Å². The maximum atomic E-state index is 13.9. The number of carbonyl (C=O) groups is 2. The Labute approximate surface area is 209 Å². The highest BCUT2D eigenvalue weighted by atomic mass is 19.4. The van der Waals surface area contributed by atoms with E-state index in [9.17, 15) is 35.9 Å². The van der Waals surface area contributed by atoms with Gasteiger partial charge >= 0.3 is 12.4 Å². The summed E-state index contributed by atoms with van der Waals surface area (Å²) in [7, 11) is 0. The average Bonchev–Trinajstić information content (AvgIpc) is 3.05. The number of aryl methyl sites for hydroxylation is 2. The van der Waals surface area contributed by atoms with E-state index in [1.54, 1.807) is 32.0 Å². The molecular formula is C28H21F6NO2. The van der Waals surface area contributed by atoms with Crippen molar-refractivity contribution in [1.29, 1.82) is 0 Å². The molecule has 3 nitrogen and oxygen atoms in total. The maximum absolute atomic E-state index is 13.9. The fourth-order valence-corrected chi connectivity index (χ4v) is 4.23. The first-order valence-corrected chi connectivity index (χ1v) is 11.2. The van der Waals surface area contributed by atoms with Gasteiger partial charge in [0.2, 0.25) is 0 Å². The third-order valence-corrected chi connectivity index (χ3v) is 6.37. The summed E-state index contributed by atoms with van der Waals surface area (Å²) in [6.07, 6.45) is -7.70. The Morgan fingerprint density at radius 3 is 1.97 bits per heavy atom. The maximum Gasteiger partial charge on any atom is 0.416 e. The summed E-state index contributed by atoms with van der Waals surface area (Å²) in [5.74, 6) is -3.43. The molecule has 2 amide bonds. The lowest BCUT2D eigenvalue weighted by Crippen LogP contribution is -2.30. The van der Waals surface area contributed by atoms with Gasteiger partial charge in [0.15, 0.2) is 0 Å². The summed E-state index contributed by atoms with van der Waals surface area (Å²) in [4.78, 5) is 25.9. The van der Waals surface area contributed by atoms with E-state index in [2.05, 4.69) is 0 Å². The monoisotopic (exact) mass is 517 g/mol. The fraction of sp³-hybridized carbons (Fsp3) is 0.214. The Hall–Kier alpha value is -3.88. The molecule has 1 aliphatic heterocycles. The van der Waals surface area contributed by atoms with Crippen molar-refractivity contribution in [2.24, 2.45) is 0 Å². The smallest absolute Gasteiger partial charge is 0.270 e. The molecule has 37 heavy (non-hydrogen) atoms. The van der Waals surface area contributed by atoms with Crippen LogP contribution in [0.3, 0.4) is 0 Å². The Bertz CT molecular complexity index is 1370. The van der Waals surface area contributed by atoms with Crippen LogP contribution >= 0.6 is 0 Å². The molecule has 0 bridgehead atoms. The lowest BCUT2D eigenvalue weighted by atomic mass is 9.93. The Kier molecular flexibility index (Phi) is 6.75. The number of allylic oxidation sites excluding steroid dienone is 1. The molecule has 0 N–H and O–H groups in total. The van der Waals surface area contributed by atoms with E-state index in [-0.39, 0.29) is 27.8 Å². The SMILES string of the molecule is Cc1ccc(C(/C=C/c2ccc(CN3C(=O)c4ccccc4C3=O)c(C(F)(F)F)c2)C(F)(F)F)cc1C. The van der Waals surface area contributed by atoms with Crippen LogP contribution in [0.4, 0.5) is 26.3 Å². The van der Waals surface area contributed by atoms with Crippen molar-refractivity contribution in [1.82, 2.24) is 4.90 Å². The van der Waals surface area contributed by atoms with Crippen molar-refractivity contribution in [3.05, 3.63) is 111 Å². The molecule has 0 aliphatic carbocycles. The zero-order valence-corrected chi connectivity index (χ0v) is 19.7. The molecule has 1 unspecified atom stereocenters. The number of hydrogen-bond donors (Lipinski definition) is 0. The summed E-state index contributed by atoms with van der Waals surface area (Å²) in [5.41, 5.74) is 0.0766. The molecule has 3 aromatic carbocycles. The lowest BCUT2D eigenvalue weighted by Gasteiger charge is -2.20. The zero-order valence-electron chi connectivity index (χ0n) is 19.7. The van der Waals surface area contributed by atoms with E-state index in [1.165, 1.54) is 30.3 Å². The zero-order chi connectivity index (χ0) is 27.1. The highest BCUT2D eigenvalue weighted by Crippen LogP contribution is 2.38. The van der Waals surface area contributed by atoms with Gasteiger partial charge in [0, 0.05) is 0 Å². The topological polar surface area (TPSA) is 37.4 Å². The largest absolute Gasteiger partial charge is 0.416 e. The number of benzene rings is 3. The van der Waals surface area contributed by atoms with Crippen LogP contribution in [0, 0.1) is 13.8 Å². The van der Waals surface area contributed by atoms with Gasteiger partial charge in [0.25, 0.3) is 11.8 Å². The molecule has 1 heterocycles. The number of alkyl halides is 6. The molecule has 0 fully saturated rings. The van der Waals surface area contributed by atoms with E-state index in [1.807, 2.05) is 0 Å². The molecule has 0 radical (unpaired) electrons. The normalized spacial score (nSPS) is 15.0. The van der Waals surface area contributed by atoms with E-state index >= 15 is 0 Å². The van der Waals surface area contributed by atoms with Gasteiger partial charge in [-0.1, -0.05) is 54.6 Å². The van der Waals surface area contributed by atoms with Gasteiger partial charge in [-0.2, -0.15) is 26.3 Å². The highest BCUT2D eigenvalue weighted by molar-refractivity contribution is 6.21. The number of hydrogen-bond acceptors (Lipinski definition) is 2. The number of fused-ring (bicyclic) bond motifs is 1. The second-order valence-corrected chi connectivity index (χ2v) is 8.88. The quantitative estimate of drug-likeness (QED) is 0.260. The van der Waals surface area contributed by atoms with Gasteiger partial charge in [-0.3, -0.25) is 14.5 Å². The van der Waals surface area contributed by atoms with Crippen molar-refractivity contribution < 1.29 is 35.9 Å². The molecule has 1 aliphatic rings. The predicted molar refractivity (Wildman–Crippen MR) is 126 cm³/mol. The standard InChI is InChI=1S/C28H21F6NO2/c1-16-7-10-19(13-17(16)2)23(27(29,30)31)12-9-18-8-11-20(24(14-18)28(32,33)34)15-35-25(36)21-5-3-4-6-22(21)26(35)37/h3-14,23H,15H2,1-2H3/b12-9+. The third-order valence-electron chi connectivity index (χ3n) is 6.37. The molecular weight excluding hydrogens is 496 g/mol. The van der Waals surface area contributed by atoms with Crippen LogP contribution in [0.25, 0.3) is 6.08 Å². The molecule has 0 aromatic heterocycles. The minimum atomic E-state index is -4.87. The number of carbonyl (C=O) groups excluding carboxylic acids is 2. The van der Waals surface area contributed by atoms with Gasteiger partial charge in [-0.25, -0.2) is 0 Å². The van der Waals surface area contributed by atoms with Crippen LogP contribution < -0.4 is 0 Å². The van der Waals surface area contributed by atoms with E-state index in [4.69, 9.17) is 0 Å². The molecule has 9 heteroatoms. The number of imide groups is 1. The van der Waals surface area contributed by atoms with Crippen LogP contribution in [0.15, 0.2) is 66.7 Å². The first-order valence-electron chi connectivity index (χ1n) is 11.2. The van der Waals surface area contributed by atoms with Gasteiger partial charge in [0.05, 0.1) is 29.2 Å². The van der Waals surface area contributed by atoms with Crippen molar-refractivity contribution in [3.63, 3.8) is 0 Å². The van der Waals surface area contributed by atoms with E-state index in [0.29, 0.717) is 5.56 Å². The number of halogens is 6. The first-order chi connectivity index (χ1) is 17.3. The molecule has 192 valence electrons.